The Kier molecular flexibility index (Phi) is 18.9. The van der Waals surface area contributed by atoms with Crippen LogP contribution >= 0.6 is 0 Å². The van der Waals surface area contributed by atoms with E-state index in [1.165, 1.54) is 96.3 Å². The topological polar surface area (TPSA) is 9.23 Å². The highest BCUT2D eigenvalue weighted by molar-refractivity contribution is 4.50. The Morgan fingerprint density at radius 2 is 0.800 bits per heavy atom. The first-order valence-electron chi connectivity index (χ1n) is 9.20. The maximum Gasteiger partial charge on any atom is 0.0462 e. The van der Waals surface area contributed by atoms with E-state index in [-0.39, 0.29) is 0 Å². The molecule has 0 aromatic rings. The van der Waals surface area contributed by atoms with Gasteiger partial charge in [0, 0.05) is 13.7 Å². The molecule has 20 heavy (non-hydrogen) atoms. The molecule has 0 atom stereocenters. The standard InChI is InChI=1S/C19H39O/c1-3-4-5-6-7-8-9-10-11-12-13-14-15-16-17-18-19-20-2/h1,3-19H2,2H3. The molecule has 0 aliphatic carbocycles. The van der Waals surface area contributed by atoms with Crippen molar-refractivity contribution >= 4 is 0 Å². The summed E-state index contributed by atoms with van der Waals surface area (Å²) in [5.74, 6) is 0. The Labute approximate surface area is 128 Å². The second-order valence-corrected chi connectivity index (χ2v) is 6.15. The van der Waals surface area contributed by atoms with E-state index in [0.29, 0.717) is 0 Å². The van der Waals surface area contributed by atoms with Gasteiger partial charge in [-0.05, 0) is 6.42 Å². The lowest BCUT2D eigenvalue weighted by Crippen LogP contribution is -1.88. The van der Waals surface area contributed by atoms with Gasteiger partial charge in [-0.3, -0.25) is 0 Å². The Morgan fingerprint density at radius 3 is 1.10 bits per heavy atom. The van der Waals surface area contributed by atoms with Gasteiger partial charge < -0.3 is 4.74 Å². The van der Waals surface area contributed by atoms with Crippen LogP contribution in [0.4, 0.5) is 0 Å². The van der Waals surface area contributed by atoms with Gasteiger partial charge in [-0.25, -0.2) is 0 Å². The number of methoxy groups -OCH3 is 1. The molecular weight excluding hydrogens is 244 g/mol. The van der Waals surface area contributed by atoms with Crippen LogP contribution < -0.4 is 0 Å². The molecule has 0 amide bonds. The minimum Gasteiger partial charge on any atom is -0.385 e. The maximum absolute atomic E-state index is 5.06. The Balaban J connectivity index is 2.89. The first-order valence-corrected chi connectivity index (χ1v) is 9.20. The highest BCUT2D eigenvalue weighted by atomic mass is 16.5. The van der Waals surface area contributed by atoms with Crippen LogP contribution in [0.1, 0.15) is 103 Å². The van der Waals surface area contributed by atoms with Crippen LogP contribution in [0.25, 0.3) is 0 Å². The second-order valence-electron chi connectivity index (χ2n) is 6.15. The number of hydrogen-bond acceptors (Lipinski definition) is 1. The Morgan fingerprint density at radius 1 is 0.500 bits per heavy atom. The summed E-state index contributed by atoms with van der Waals surface area (Å²) in [6.07, 6.45) is 22.3. The minimum absolute atomic E-state index is 0.940. The van der Waals surface area contributed by atoms with Crippen molar-refractivity contribution in [1.82, 2.24) is 0 Å². The number of unbranched alkanes of at least 4 members (excludes halogenated alkanes) is 15. The molecule has 121 valence electrons. The highest BCUT2D eigenvalue weighted by Gasteiger charge is 1.94. The molecule has 0 bridgehead atoms. The molecule has 0 heterocycles. The van der Waals surface area contributed by atoms with Crippen LogP contribution in [0.5, 0.6) is 0 Å². The van der Waals surface area contributed by atoms with Crippen molar-refractivity contribution in [2.45, 2.75) is 103 Å². The molecule has 0 fully saturated rings. The van der Waals surface area contributed by atoms with Gasteiger partial charge in [0.25, 0.3) is 0 Å². The highest BCUT2D eigenvalue weighted by Crippen LogP contribution is 2.13. The second kappa shape index (κ2) is 19.0. The summed E-state index contributed by atoms with van der Waals surface area (Å²) < 4.78 is 5.06. The predicted molar refractivity (Wildman–Crippen MR) is 91.1 cm³/mol. The van der Waals surface area contributed by atoms with Gasteiger partial charge in [-0.1, -0.05) is 103 Å². The molecule has 0 unspecified atom stereocenters. The van der Waals surface area contributed by atoms with Crippen molar-refractivity contribution in [2.24, 2.45) is 0 Å². The van der Waals surface area contributed by atoms with E-state index in [1.807, 2.05) is 0 Å². The van der Waals surface area contributed by atoms with Gasteiger partial charge in [0.15, 0.2) is 0 Å². The van der Waals surface area contributed by atoms with Crippen LogP contribution in [-0.2, 0) is 4.74 Å². The number of ether oxygens (including phenoxy) is 1. The van der Waals surface area contributed by atoms with Gasteiger partial charge >= 0.3 is 0 Å². The molecule has 0 N–H and O–H groups in total. The van der Waals surface area contributed by atoms with E-state index in [1.54, 1.807) is 7.11 Å². The quantitative estimate of drug-likeness (QED) is 0.270. The van der Waals surface area contributed by atoms with E-state index >= 15 is 0 Å². The number of hydrogen-bond donors (Lipinski definition) is 0. The fourth-order valence-electron chi connectivity index (χ4n) is 2.72. The SMILES string of the molecule is [CH2]CCCCCCCCCCCCCCCCCOC. The number of rotatable bonds is 17. The fourth-order valence-corrected chi connectivity index (χ4v) is 2.72. The molecule has 0 spiro atoms. The van der Waals surface area contributed by atoms with Crippen molar-refractivity contribution < 1.29 is 4.74 Å². The molecule has 0 aliphatic heterocycles. The van der Waals surface area contributed by atoms with Gasteiger partial charge in [-0.2, -0.15) is 0 Å². The van der Waals surface area contributed by atoms with Crippen molar-refractivity contribution in [1.29, 1.82) is 0 Å². The molecule has 0 saturated carbocycles. The summed E-state index contributed by atoms with van der Waals surface area (Å²) >= 11 is 0. The molecule has 0 aromatic carbocycles. The third-order valence-electron chi connectivity index (χ3n) is 4.10. The lowest BCUT2D eigenvalue weighted by Gasteiger charge is -2.03. The van der Waals surface area contributed by atoms with Crippen molar-refractivity contribution in [3.8, 4) is 0 Å². The predicted octanol–water partition coefficient (Wildman–Crippen LogP) is 6.71. The molecule has 1 radical (unpaired) electrons. The summed E-state index contributed by atoms with van der Waals surface area (Å²) in [4.78, 5) is 0. The molecule has 0 saturated heterocycles. The third kappa shape index (κ3) is 18.0. The molecule has 0 rings (SSSR count). The summed E-state index contributed by atoms with van der Waals surface area (Å²) in [6, 6.07) is 0. The van der Waals surface area contributed by atoms with Crippen LogP contribution in [0.15, 0.2) is 0 Å². The Bertz CT molecular complexity index is 138. The summed E-state index contributed by atoms with van der Waals surface area (Å²) in [7, 11) is 1.79. The monoisotopic (exact) mass is 283 g/mol. The van der Waals surface area contributed by atoms with Crippen LogP contribution in [0.2, 0.25) is 0 Å². The summed E-state index contributed by atoms with van der Waals surface area (Å²) in [6.45, 7) is 4.83. The first-order chi connectivity index (χ1) is 9.91. The third-order valence-corrected chi connectivity index (χ3v) is 4.10. The lowest BCUT2D eigenvalue weighted by molar-refractivity contribution is 0.192. The zero-order valence-electron chi connectivity index (χ0n) is 14.1. The van der Waals surface area contributed by atoms with Crippen molar-refractivity contribution in [3.63, 3.8) is 0 Å². The molecular formula is C19H39O. The Hall–Kier alpha value is -0.0400. The van der Waals surface area contributed by atoms with E-state index in [2.05, 4.69) is 6.92 Å². The van der Waals surface area contributed by atoms with E-state index in [0.717, 1.165) is 13.0 Å². The van der Waals surface area contributed by atoms with Gasteiger partial charge in [-0.15, -0.1) is 0 Å². The summed E-state index contributed by atoms with van der Waals surface area (Å²) in [5, 5.41) is 0. The van der Waals surface area contributed by atoms with Crippen LogP contribution in [0.3, 0.4) is 0 Å². The summed E-state index contributed by atoms with van der Waals surface area (Å²) in [5.41, 5.74) is 0. The van der Waals surface area contributed by atoms with Crippen molar-refractivity contribution in [2.75, 3.05) is 13.7 Å². The molecule has 0 aliphatic rings. The smallest absolute Gasteiger partial charge is 0.0462 e. The average molecular weight is 284 g/mol. The average Bonchev–Trinajstić information content (AvgIpc) is 2.47. The van der Waals surface area contributed by atoms with Gasteiger partial charge in [0.1, 0.15) is 0 Å². The maximum atomic E-state index is 5.06. The fraction of sp³-hybridized carbons (Fsp3) is 0.947. The normalized spacial score (nSPS) is 11.1. The van der Waals surface area contributed by atoms with E-state index in [9.17, 15) is 0 Å². The van der Waals surface area contributed by atoms with Crippen molar-refractivity contribution in [3.05, 3.63) is 6.92 Å². The zero-order chi connectivity index (χ0) is 14.7. The molecule has 0 aromatic heterocycles. The largest absolute Gasteiger partial charge is 0.385 e. The molecule has 1 heteroatoms. The van der Waals surface area contributed by atoms with E-state index < -0.39 is 0 Å². The van der Waals surface area contributed by atoms with Crippen LogP contribution in [0, 0.1) is 6.92 Å². The van der Waals surface area contributed by atoms with Gasteiger partial charge in [0.05, 0.1) is 0 Å². The lowest BCUT2D eigenvalue weighted by atomic mass is 10.0. The zero-order valence-corrected chi connectivity index (χ0v) is 14.1. The van der Waals surface area contributed by atoms with Crippen LogP contribution in [-0.4, -0.2) is 13.7 Å². The first kappa shape index (κ1) is 20.0. The molecule has 1 nitrogen and oxygen atoms in total. The minimum atomic E-state index is 0.940. The van der Waals surface area contributed by atoms with Gasteiger partial charge in [0.2, 0.25) is 0 Å². The van der Waals surface area contributed by atoms with E-state index in [4.69, 9.17) is 4.74 Å².